The van der Waals surface area contributed by atoms with Gasteiger partial charge in [-0.05, 0) is 36.8 Å². The zero-order valence-electron chi connectivity index (χ0n) is 13.4. The van der Waals surface area contributed by atoms with Gasteiger partial charge in [0.05, 0.1) is 0 Å². The predicted octanol–water partition coefficient (Wildman–Crippen LogP) is 3.73. The molecule has 2 atom stereocenters. The molecule has 1 aromatic rings. The fourth-order valence-corrected chi connectivity index (χ4v) is 4.34. The molecule has 1 fully saturated rings. The van der Waals surface area contributed by atoms with Crippen molar-refractivity contribution < 1.29 is 4.79 Å². The zero-order valence-corrected chi connectivity index (χ0v) is 13.4. The molecule has 22 heavy (non-hydrogen) atoms. The van der Waals surface area contributed by atoms with Gasteiger partial charge < -0.3 is 10.6 Å². The Morgan fingerprint density at radius 3 is 3.00 bits per heavy atom. The summed E-state index contributed by atoms with van der Waals surface area (Å²) in [5.41, 5.74) is 7.82. The third kappa shape index (κ3) is 2.33. The number of nitrogens with zero attached hydrogens (tertiary/aromatic N) is 1. The molecule has 2 unspecified atom stereocenters. The summed E-state index contributed by atoms with van der Waals surface area (Å²) in [4.78, 5) is 14.9. The fraction of sp³-hybridized carbons (Fsp3) is 0.526. The van der Waals surface area contributed by atoms with Crippen molar-refractivity contribution in [1.29, 1.82) is 0 Å². The second-order valence-corrected chi connectivity index (χ2v) is 6.59. The second kappa shape index (κ2) is 6.15. The maximum atomic E-state index is 12.6. The number of primary amides is 1. The molecule has 1 aromatic carbocycles. The third-order valence-corrected chi connectivity index (χ3v) is 5.41. The van der Waals surface area contributed by atoms with Crippen LogP contribution in [-0.2, 0) is 4.79 Å². The van der Waals surface area contributed by atoms with Crippen molar-refractivity contribution in [3.8, 4) is 0 Å². The molecule has 3 rings (SSSR count). The predicted molar refractivity (Wildman–Crippen MR) is 91.6 cm³/mol. The van der Waals surface area contributed by atoms with E-state index in [2.05, 4.69) is 42.2 Å². The summed E-state index contributed by atoms with van der Waals surface area (Å²) in [6.07, 6.45) is 10.8. The van der Waals surface area contributed by atoms with Gasteiger partial charge in [0.2, 0.25) is 5.91 Å². The number of para-hydroxylation sites is 1. The number of rotatable bonds is 5. The Morgan fingerprint density at radius 2 is 2.23 bits per heavy atom. The minimum atomic E-state index is -0.504. The van der Waals surface area contributed by atoms with E-state index in [1.807, 2.05) is 6.07 Å². The summed E-state index contributed by atoms with van der Waals surface area (Å²) < 4.78 is 0. The highest BCUT2D eigenvalue weighted by Crippen LogP contribution is 2.46. The molecular weight excluding hydrogens is 272 g/mol. The van der Waals surface area contributed by atoms with E-state index in [-0.39, 0.29) is 5.91 Å². The van der Waals surface area contributed by atoms with Gasteiger partial charge in [-0.25, -0.2) is 0 Å². The van der Waals surface area contributed by atoms with Gasteiger partial charge in [0, 0.05) is 12.2 Å². The Hall–Kier alpha value is -1.77. The summed E-state index contributed by atoms with van der Waals surface area (Å²) >= 11 is 0. The van der Waals surface area contributed by atoms with Crippen LogP contribution in [0.3, 0.4) is 0 Å². The highest BCUT2D eigenvalue weighted by atomic mass is 16.1. The number of hydrogen-bond donors (Lipinski definition) is 1. The average molecular weight is 298 g/mol. The van der Waals surface area contributed by atoms with Crippen LogP contribution in [0.15, 0.2) is 30.3 Å². The van der Waals surface area contributed by atoms with E-state index in [1.165, 1.54) is 18.4 Å². The van der Waals surface area contributed by atoms with Crippen molar-refractivity contribution >= 4 is 17.7 Å². The van der Waals surface area contributed by atoms with E-state index < -0.39 is 5.54 Å². The number of benzene rings is 1. The van der Waals surface area contributed by atoms with Gasteiger partial charge in [0.15, 0.2) is 0 Å². The van der Waals surface area contributed by atoms with Gasteiger partial charge in [-0.2, -0.15) is 0 Å². The van der Waals surface area contributed by atoms with E-state index in [0.29, 0.717) is 5.92 Å². The van der Waals surface area contributed by atoms with Crippen LogP contribution in [0.2, 0.25) is 0 Å². The third-order valence-electron chi connectivity index (χ3n) is 5.41. The molecule has 1 saturated carbocycles. The minimum absolute atomic E-state index is 0.142. The molecule has 1 aliphatic heterocycles. The summed E-state index contributed by atoms with van der Waals surface area (Å²) in [5.74, 6) is 0.237. The lowest BCUT2D eigenvalue weighted by Crippen LogP contribution is -2.61. The van der Waals surface area contributed by atoms with E-state index in [1.54, 1.807) is 0 Å². The number of nitrogens with two attached hydrogens (primary N) is 1. The van der Waals surface area contributed by atoms with Crippen LogP contribution in [-0.4, -0.2) is 18.0 Å². The van der Waals surface area contributed by atoms with Crippen molar-refractivity contribution in [3.63, 3.8) is 0 Å². The number of carbonyl (C=O) groups excluding carboxylic acids is 1. The van der Waals surface area contributed by atoms with Crippen LogP contribution in [0, 0.1) is 5.92 Å². The normalized spacial score (nSPS) is 27.0. The lowest BCUT2D eigenvalue weighted by Gasteiger charge is -2.46. The smallest absolute Gasteiger partial charge is 0.243 e. The van der Waals surface area contributed by atoms with Crippen LogP contribution in [0.1, 0.15) is 51.0 Å². The number of fused-ring (bicyclic) bond motifs is 1. The molecule has 3 nitrogen and oxygen atoms in total. The fourth-order valence-electron chi connectivity index (χ4n) is 4.34. The molecule has 0 radical (unpaired) electrons. The van der Waals surface area contributed by atoms with Crippen molar-refractivity contribution in [2.45, 2.75) is 51.0 Å². The highest BCUT2D eigenvalue weighted by molar-refractivity contribution is 5.91. The Balaban J connectivity index is 2.01. The summed E-state index contributed by atoms with van der Waals surface area (Å²) in [6.45, 7) is 2.99. The van der Waals surface area contributed by atoms with Crippen molar-refractivity contribution in [2.24, 2.45) is 11.7 Å². The summed E-state index contributed by atoms with van der Waals surface area (Å²) in [7, 11) is 0. The van der Waals surface area contributed by atoms with Gasteiger partial charge in [-0.1, -0.05) is 56.5 Å². The Labute approximate surface area is 133 Å². The molecule has 118 valence electrons. The van der Waals surface area contributed by atoms with Crippen molar-refractivity contribution in [3.05, 3.63) is 35.9 Å². The van der Waals surface area contributed by atoms with Crippen LogP contribution in [0.5, 0.6) is 0 Å². The quantitative estimate of drug-likeness (QED) is 0.900. The van der Waals surface area contributed by atoms with Crippen LogP contribution in [0.25, 0.3) is 6.08 Å². The number of amides is 1. The van der Waals surface area contributed by atoms with Gasteiger partial charge >= 0.3 is 0 Å². The Bertz CT molecular complexity index is 581. The molecule has 0 bridgehead atoms. The lowest BCUT2D eigenvalue weighted by molar-refractivity contribution is -0.124. The molecule has 2 N–H and O–H groups in total. The molecule has 3 heteroatoms. The van der Waals surface area contributed by atoms with Crippen molar-refractivity contribution in [1.82, 2.24) is 0 Å². The Kier molecular flexibility index (Phi) is 4.23. The largest absolute Gasteiger partial charge is 0.368 e. The number of unbranched alkanes of at least 4 members (excludes halogenated alkanes) is 1. The van der Waals surface area contributed by atoms with Gasteiger partial charge in [0.25, 0.3) is 0 Å². The standard InChI is InChI=1S/C19H26N2O/c1-2-3-10-16-11-6-13-19(16,18(20)22)21-14-7-9-15-8-4-5-12-17(15)21/h4-5,7-9,12,16H,2-3,6,10-11,13-14H2,1H3,(H2,20,22). The molecule has 0 saturated heterocycles. The van der Waals surface area contributed by atoms with Gasteiger partial charge in [0.1, 0.15) is 5.54 Å². The van der Waals surface area contributed by atoms with E-state index >= 15 is 0 Å². The SMILES string of the molecule is CCCCC1CCCC1(C(N)=O)N1CC=Cc2ccccc21. The average Bonchev–Trinajstić information content (AvgIpc) is 2.97. The van der Waals surface area contributed by atoms with Crippen molar-refractivity contribution in [2.75, 3.05) is 11.4 Å². The first-order valence-electron chi connectivity index (χ1n) is 8.53. The van der Waals surface area contributed by atoms with Gasteiger partial charge in [-0.15, -0.1) is 0 Å². The molecular formula is C19H26N2O. The molecule has 2 aliphatic rings. The molecule has 1 aliphatic carbocycles. The topological polar surface area (TPSA) is 46.3 Å². The number of hydrogen-bond acceptors (Lipinski definition) is 2. The summed E-state index contributed by atoms with van der Waals surface area (Å²) in [6, 6.07) is 8.34. The first-order chi connectivity index (χ1) is 10.7. The lowest BCUT2D eigenvalue weighted by atomic mass is 9.80. The van der Waals surface area contributed by atoms with Crippen LogP contribution >= 0.6 is 0 Å². The maximum Gasteiger partial charge on any atom is 0.243 e. The minimum Gasteiger partial charge on any atom is -0.368 e. The van der Waals surface area contributed by atoms with E-state index in [9.17, 15) is 4.79 Å². The monoisotopic (exact) mass is 298 g/mol. The highest BCUT2D eigenvalue weighted by Gasteiger charge is 2.52. The van der Waals surface area contributed by atoms with Crippen LogP contribution in [0.4, 0.5) is 5.69 Å². The molecule has 1 amide bonds. The van der Waals surface area contributed by atoms with E-state index in [4.69, 9.17) is 5.73 Å². The maximum absolute atomic E-state index is 12.6. The first-order valence-corrected chi connectivity index (χ1v) is 8.53. The number of anilines is 1. The molecule has 0 aromatic heterocycles. The number of carbonyl (C=O) groups is 1. The summed E-state index contributed by atoms with van der Waals surface area (Å²) in [5, 5.41) is 0. The zero-order chi connectivity index (χ0) is 15.6. The molecule has 1 heterocycles. The van der Waals surface area contributed by atoms with Crippen LogP contribution < -0.4 is 10.6 Å². The second-order valence-electron chi connectivity index (χ2n) is 6.59. The van der Waals surface area contributed by atoms with Gasteiger partial charge in [-0.3, -0.25) is 4.79 Å². The molecule has 0 spiro atoms. The van der Waals surface area contributed by atoms with E-state index in [0.717, 1.165) is 37.9 Å². The first kappa shape index (κ1) is 15.1. The Morgan fingerprint density at radius 1 is 1.41 bits per heavy atom.